The third-order valence-corrected chi connectivity index (χ3v) is 11.2. The van der Waals surface area contributed by atoms with Crippen LogP contribution < -0.4 is 5.32 Å². The van der Waals surface area contributed by atoms with Crippen molar-refractivity contribution in [3.8, 4) is 0 Å². The summed E-state index contributed by atoms with van der Waals surface area (Å²) in [5.41, 5.74) is 3.15. The number of carbonyl (C=O) groups is 1. The van der Waals surface area contributed by atoms with Crippen LogP contribution >= 0.6 is 0 Å². The third kappa shape index (κ3) is 2.74. The van der Waals surface area contributed by atoms with E-state index >= 15 is 0 Å². The van der Waals surface area contributed by atoms with Gasteiger partial charge in [0.25, 0.3) is 0 Å². The number of aliphatic hydroxyl groups is 1. The lowest BCUT2D eigenvalue weighted by Crippen LogP contribution is -2.51. The van der Waals surface area contributed by atoms with Crippen molar-refractivity contribution in [1.29, 1.82) is 0 Å². The molecule has 6 aliphatic rings. The second-order valence-electron chi connectivity index (χ2n) is 12.5. The number of rotatable bonds is 0. The molecule has 4 heteroatoms. The van der Waals surface area contributed by atoms with E-state index in [1.807, 2.05) is 0 Å². The van der Waals surface area contributed by atoms with E-state index in [2.05, 4.69) is 33.0 Å². The van der Waals surface area contributed by atoms with Gasteiger partial charge in [-0.05, 0) is 93.1 Å². The smallest absolute Gasteiger partial charge is 0.136 e. The number of aliphatic hydroxyl groups excluding tert-OH is 1. The van der Waals surface area contributed by atoms with E-state index in [9.17, 15) is 9.90 Å². The number of ether oxygens (including phenoxy) is 1. The van der Waals surface area contributed by atoms with Crippen LogP contribution in [-0.2, 0) is 9.53 Å². The number of carbonyl (C=O) groups excluding carboxylic acids is 1. The number of allylic oxidation sites excluding steroid dienone is 1. The first-order valence-corrected chi connectivity index (χ1v) is 13.1. The van der Waals surface area contributed by atoms with Crippen molar-refractivity contribution < 1.29 is 14.6 Å². The van der Waals surface area contributed by atoms with Crippen molar-refractivity contribution in [3.05, 3.63) is 11.1 Å². The van der Waals surface area contributed by atoms with E-state index < -0.39 is 0 Å². The molecule has 2 heterocycles. The Morgan fingerprint density at radius 3 is 2.74 bits per heavy atom. The lowest BCUT2D eigenvalue weighted by molar-refractivity contribution is -0.145. The fourth-order valence-electron chi connectivity index (χ4n) is 9.46. The van der Waals surface area contributed by atoms with Crippen LogP contribution in [0.2, 0.25) is 0 Å². The van der Waals surface area contributed by atoms with E-state index in [1.165, 1.54) is 18.4 Å². The van der Waals surface area contributed by atoms with Crippen LogP contribution in [-0.4, -0.2) is 41.3 Å². The lowest BCUT2D eigenvalue weighted by atomic mass is 9.51. The zero-order valence-electron chi connectivity index (χ0n) is 19.8. The number of fused-ring (bicyclic) bond motifs is 6. The fraction of sp³-hybridized carbons (Fsp3) is 0.889. The van der Waals surface area contributed by atoms with E-state index in [0.717, 1.165) is 38.6 Å². The Kier molecular flexibility index (Phi) is 4.64. The summed E-state index contributed by atoms with van der Waals surface area (Å²) < 4.78 is 7.00. The van der Waals surface area contributed by atoms with Gasteiger partial charge in [0.05, 0.1) is 17.8 Å². The number of ketones is 1. The maximum Gasteiger partial charge on any atom is 0.136 e. The Morgan fingerprint density at radius 1 is 1.13 bits per heavy atom. The first-order chi connectivity index (χ1) is 14.7. The van der Waals surface area contributed by atoms with Gasteiger partial charge in [-0.2, -0.15) is 0 Å². The monoisotopic (exact) mass is 427 g/mol. The Labute approximate surface area is 187 Å². The van der Waals surface area contributed by atoms with Gasteiger partial charge in [0.15, 0.2) is 0 Å². The molecule has 2 N–H and O–H groups in total. The number of Topliss-reactive ketones (excluding diaryl/α,β-unsaturated/α-hetero) is 1. The van der Waals surface area contributed by atoms with Gasteiger partial charge >= 0.3 is 0 Å². The molecule has 0 aromatic heterocycles. The predicted molar refractivity (Wildman–Crippen MR) is 120 cm³/mol. The standard InChI is InChI=1S/C27H41NO3/c1-14-9-24-25(28-13-14)16(3)27(31-24)8-6-18-19(15(27)2)11-21-20(18)12-23(30)22-10-17(29)5-7-26(21,22)4/h14,16-18,20-22,24-25,28-29H,5-13H2,1-4H3/t14?,16?,17?,18?,20?,21?,22?,24?,25?,26-,27+/m1/s1. The molecule has 2 aliphatic heterocycles. The molecule has 2 saturated heterocycles. The molecule has 4 nitrogen and oxygen atoms in total. The molecule has 172 valence electrons. The van der Waals surface area contributed by atoms with E-state index in [-0.39, 0.29) is 23.0 Å². The van der Waals surface area contributed by atoms with Gasteiger partial charge in [-0.25, -0.2) is 0 Å². The van der Waals surface area contributed by atoms with Crippen molar-refractivity contribution in [2.24, 2.45) is 40.9 Å². The van der Waals surface area contributed by atoms with E-state index in [1.54, 1.807) is 5.57 Å². The van der Waals surface area contributed by atoms with Crippen LogP contribution in [0.3, 0.4) is 0 Å². The van der Waals surface area contributed by atoms with Gasteiger partial charge in [-0.3, -0.25) is 4.79 Å². The summed E-state index contributed by atoms with van der Waals surface area (Å²) in [6, 6.07) is 0.482. The molecular formula is C27H41NO3. The highest BCUT2D eigenvalue weighted by atomic mass is 16.5. The second-order valence-corrected chi connectivity index (χ2v) is 12.5. The Morgan fingerprint density at radius 2 is 1.94 bits per heavy atom. The summed E-state index contributed by atoms with van der Waals surface area (Å²) in [4.78, 5) is 13.2. The SMILES string of the molecule is CC1=C2CC3C(CC(=O)C4CC(O)CC[C@@]43C)C2CC[C@]12OC1CC(C)CNC1C2C. The van der Waals surface area contributed by atoms with Gasteiger partial charge in [0.1, 0.15) is 5.78 Å². The van der Waals surface area contributed by atoms with E-state index in [4.69, 9.17) is 4.74 Å². The van der Waals surface area contributed by atoms with Crippen LogP contribution in [0.25, 0.3) is 0 Å². The molecule has 9 unspecified atom stereocenters. The summed E-state index contributed by atoms with van der Waals surface area (Å²) in [5, 5.41) is 14.1. The molecule has 1 spiro atoms. The highest BCUT2D eigenvalue weighted by Gasteiger charge is 2.62. The Hall–Kier alpha value is -0.710. The van der Waals surface area contributed by atoms with Gasteiger partial charge in [0, 0.05) is 24.3 Å². The summed E-state index contributed by atoms with van der Waals surface area (Å²) in [6.45, 7) is 10.6. The Balaban J connectivity index is 1.35. The Bertz CT molecular complexity index is 821. The maximum absolute atomic E-state index is 13.2. The highest BCUT2D eigenvalue weighted by molar-refractivity contribution is 5.83. The fourth-order valence-corrected chi connectivity index (χ4v) is 9.46. The molecule has 6 rings (SSSR count). The van der Waals surface area contributed by atoms with Crippen LogP contribution in [0.1, 0.15) is 79.1 Å². The number of nitrogens with one attached hydrogen (secondary N) is 1. The quantitative estimate of drug-likeness (QED) is 0.567. The summed E-state index contributed by atoms with van der Waals surface area (Å²) in [5.74, 6) is 3.41. The van der Waals surface area contributed by atoms with Crippen molar-refractivity contribution >= 4 is 5.78 Å². The minimum Gasteiger partial charge on any atom is -0.393 e. The largest absolute Gasteiger partial charge is 0.393 e. The molecule has 3 saturated carbocycles. The predicted octanol–water partition coefficient (Wildman–Crippen LogP) is 4.26. The molecule has 4 aliphatic carbocycles. The lowest BCUT2D eigenvalue weighted by Gasteiger charge is -2.52. The van der Waals surface area contributed by atoms with Crippen molar-refractivity contribution in [3.63, 3.8) is 0 Å². The van der Waals surface area contributed by atoms with Crippen LogP contribution in [0, 0.1) is 40.9 Å². The zero-order chi connectivity index (χ0) is 21.7. The molecule has 11 atom stereocenters. The van der Waals surface area contributed by atoms with Crippen molar-refractivity contribution in [2.45, 2.75) is 103 Å². The van der Waals surface area contributed by atoms with Crippen LogP contribution in [0.15, 0.2) is 11.1 Å². The van der Waals surface area contributed by atoms with Crippen LogP contribution in [0.5, 0.6) is 0 Å². The summed E-state index contributed by atoms with van der Waals surface area (Å²) in [7, 11) is 0. The summed E-state index contributed by atoms with van der Waals surface area (Å²) in [6.07, 6.45) is 8.02. The van der Waals surface area contributed by atoms with Gasteiger partial charge in [-0.15, -0.1) is 0 Å². The van der Waals surface area contributed by atoms with Crippen LogP contribution in [0.4, 0.5) is 0 Å². The van der Waals surface area contributed by atoms with Crippen molar-refractivity contribution in [2.75, 3.05) is 6.54 Å². The molecule has 0 radical (unpaired) electrons. The maximum atomic E-state index is 13.2. The highest BCUT2D eigenvalue weighted by Crippen LogP contribution is 2.65. The molecule has 0 aromatic rings. The molecular weight excluding hydrogens is 386 g/mol. The number of hydrogen-bond acceptors (Lipinski definition) is 4. The minimum absolute atomic E-state index is 0.0720. The topological polar surface area (TPSA) is 58.6 Å². The third-order valence-electron chi connectivity index (χ3n) is 11.2. The molecule has 5 fully saturated rings. The molecule has 0 amide bonds. The average Bonchev–Trinajstić information content (AvgIpc) is 3.23. The first-order valence-electron chi connectivity index (χ1n) is 13.1. The van der Waals surface area contributed by atoms with E-state index in [0.29, 0.717) is 53.9 Å². The molecule has 31 heavy (non-hydrogen) atoms. The molecule has 0 bridgehead atoms. The number of piperidine rings is 1. The minimum atomic E-state index is -0.280. The van der Waals surface area contributed by atoms with Gasteiger partial charge < -0.3 is 15.2 Å². The number of hydrogen-bond donors (Lipinski definition) is 2. The second kappa shape index (κ2) is 6.90. The van der Waals surface area contributed by atoms with Gasteiger partial charge in [0.2, 0.25) is 0 Å². The summed E-state index contributed by atoms with van der Waals surface area (Å²) >= 11 is 0. The average molecular weight is 428 g/mol. The molecule has 0 aromatic carbocycles. The first kappa shape index (κ1) is 20.9. The van der Waals surface area contributed by atoms with Crippen molar-refractivity contribution in [1.82, 2.24) is 5.32 Å². The zero-order valence-corrected chi connectivity index (χ0v) is 19.8. The van der Waals surface area contributed by atoms with Gasteiger partial charge in [-0.1, -0.05) is 26.3 Å². The normalized spacial score (nSPS) is 56.3.